The number of anilines is 1. The van der Waals surface area contributed by atoms with Crippen LogP contribution in [0.2, 0.25) is 0 Å². The summed E-state index contributed by atoms with van der Waals surface area (Å²) < 4.78 is 13.3. The summed E-state index contributed by atoms with van der Waals surface area (Å²) in [6, 6.07) is 7.59. The lowest BCUT2D eigenvalue weighted by Gasteiger charge is -2.16. The van der Waals surface area contributed by atoms with Crippen LogP contribution in [0.4, 0.5) is 5.95 Å². The number of rotatable bonds is 4. The Hall–Kier alpha value is -2.31. The molecule has 1 saturated heterocycles. The average molecular weight is 438 g/mol. The van der Waals surface area contributed by atoms with E-state index >= 15 is 0 Å². The highest BCUT2D eigenvalue weighted by molar-refractivity contribution is 9.10. The number of aliphatic hydroxyl groups excluding tert-OH is 3. The first-order chi connectivity index (χ1) is 12.9. The molecule has 1 aromatic carbocycles. The maximum atomic E-state index is 10.1. The number of nitrogens with two attached hydrogens (primary N) is 1. The molecule has 3 heterocycles. The minimum Gasteiger partial charge on any atom is -0.471 e. The van der Waals surface area contributed by atoms with E-state index in [4.69, 9.17) is 15.2 Å². The number of hydrogen-bond acceptors (Lipinski definition) is 9. The number of imidazole rings is 1. The van der Waals surface area contributed by atoms with Crippen LogP contribution in [-0.2, 0) is 11.3 Å². The number of halogens is 1. The molecular weight excluding hydrogens is 422 g/mol. The van der Waals surface area contributed by atoms with Gasteiger partial charge in [0.2, 0.25) is 11.8 Å². The van der Waals surface area contributed by atoms with Crippen LogP contribution >= 0.6 is 15.9 Å². The molecule has 1 aliphatic rings. The van der Waals surface area contributed by atoms with Gasteiger partial charge in [-0.05, 0) is 17.7 Å². The smallest absolute Gasteiger partial charge is 0.247 e. The van der Waals surface area contributed by atoms with Crippen molar-refractivity contribution in [3.05, 3.63) is 40.6 Å². The fourth-order valence-electron chi connectivity index (χ4n) is 2.80. The van der Waals surface area contributed by atoms with Gasteiger partial charge in [-0.2, -0.15) is 9.97 Å². The third-order valence-corrected chi connectivity index (χ3v) is 4.71. The van der Waals surface area contributed by atoms with E-state index in [1.54, 1.807) is 0 Å². The lowest BCUT2D eigenvalue weighted by atomic mass is 10.2. The van der Waals surface area contributed by atoms with E-state index in [0.29, 0.717) is 5.52 Å². The zero-order valence-corrected chi connectivity index (χ0v) is 15.4. The van der Waals surface area contributed by atoms with Gasteiger partial charge in [0.15, 0.2) is 23.7 Å². The third kappa shape index (κ3) is 3.35. The van der Waals surface area contributed by atoms with Crippen molar-refractivity contribution in [3.8, 4) is 5.88 Å². The molecule has 1 fully saturated rings. The Kier molecular flexibility index (Phi) is 4.70. The van der Waals surface area contributed by atoms with Crippen LogP contribution in [0, 0.1) is 0 Å². The van der Waals surface area contributed by atoms with Crippen molar-refractivity contribution in [2.24, 2.45) is 0 Å². The lowest BCUT2D eigenvalue weighted by Crippen LogP contribution is -2.31. The van der Waals surface area contributed by atoms with E-state index in [-0.39, 0.29) is 24.1 Å². The Balaban J connectivity index is 1.65. The molecule has 4 rings (SSSR count). The highest BCUT2D eigenvalue weighted by Gasteiger charge is 2.43. The number of benzene rings is 1. The zero-order chi connectivity index (χ0) is 19.1. The number of fused-ring (bicyclic) bond motifs is 1. The summed E-state index contributed by atoms with van der Waals surface area (Å²) in [7, 11) is 0. The zero-order valence-electron chi connectivity index (χ0n) is 13.8. The predicted octanol–water partition coefficient (Wildman–Crippen LogP) is 0.319. The molecule has 1 unspecified atom stereocenters. The first kappa shape index (κ1) is 18.1. The fraction of sp³-hybridized carbons (Fsp3) is 0.312. The maximum absolute atomic E-state index is 10.1. The maximum Gasteiger partial charge on any atom is 0.247 e. The summed E-state index contributed by atoms with van der Waals surface area (Å²) in [5.74, 6) is 0.122. The van der Waals surface area contributed by atoms with Gasteiger partial charge in [-0.15, -0.1) is 0 Å². The van der Waals surface area contributed by atoms with Crippen molar-refractivity contribution in [3.63, 3.8) is 0 Å². The number of hydrogen-bond donors (Lipinski definition) is 4. The number of ether oxygens (including phenoxy) is 2. The average Bonchev–Trinajstić information content (AvgIpc) is 3.17. The summed E-state index contributed by atoms with van der Waals surface area (Å²) in [5.41, 5.74) is 7.26. The molecule has 142 valence electrons. The van der Waals surface area contributed by atoms with Crippen LogP contribution in [0.5, 0.6) is 5.88 Å². The number of nitrogens with zero attached hydrogens (tertiary/aromatic N) is 4. The van der Waals surface area contributed by atoms with Crippen LogP contribution in [0.25, 0.3) is 11.2 Å². The minimum absolute atomic E-state index is 0.0522. The molecule has 5 N–H and O–H groups in total. The summed E-state index contributed by atoms with van der Waals surface area (Å²) in [6.45, 7) is 0.242. The van der Waals surface area contributed by atoms with Crippen LogP contribution in [-0.4, -0.2) is 53.3 Å². The van der Waals surface area contributed by atoms with E-state index in [1.165, 1.54) is 10.9 Å². The molecule has 0 saturated carbocycles. The molecule has 3 aromatic rings. The van der Waals surface area contributed by atoms with Crippen molar-refractivity contribution in [2.45, 2.75) is 31.3 Å². The van der Waals surface area contributed by atoms with Gasteiger partial charge in [-0.1, -0.05) is 28.1 Å². The summed E-state index contributed by atoms with van der Waals surface area (Å²) in [6.07, 6.45) is -4.05. The van der Waals surface area contributed by atoms with Crippen molar-refractivity contribution >= 4 is 33.0 Å². The molecule has 1 aliphatic heterocycles. The normalized spacial score (nSPS) is 25.2. The fourth-order valence-corrected chi connectivity index (χ4v) is 3.06. The summed E-state index contributed by atoms with van der Waals surface area (Å²) >= 11 is 3.37. The van der Waals surface area contributed by atoms with E-state index in [9.17, 15) is 15.3 Å². The van der Waals surface area contributed by atoms with Crippen LogP contribution < -0.4 is 10.5 Å². The molecule has 0 bridgehead atoms. The standard InChI is InChI=1S/C16H16BrN5O5/c17-8-3-1-7(2-4-8)5-26-13-9-12(20-16(18)21-13)22(6-19-9)14-10(23)11(24)15(25)27-14/h1-4,6,10-11,14-15,23-25H,5H2,(H2,18,20,21)/t10-,11+,14?,15+/m1/s1. The summed E-state index contributed by atoms with van der Waals surface area (Å²) in [5, 5.41) is 29.4. The van der Waals surface area contributed by atoms with Crippen molar-refractivity contribution < 1.29 is 24.8 Å². The van der Waals surface area contributed by atoms with Crippen LogP contribution in [0.15, 0.2) is 35.1 Å². The second kappa shape index (κ2) is 7.02. The Bertz CT molecular complexity index is 966. The SMILES string of the molecule is Nc1nc(OCc2ccc(Br)cc2)c2ncn(C3O[C@H](O)[C@@H](O)[C@H]3O)c2n1. The second-order valence-electron chi connectivity index (χ2n) is 6.02. The Morgan fingerprint density at radius 2 is 1.89 bits per heavy atom. The van der Waals surface area contributed by atoms with Crippen LogP contribution in [0.3, 0.4) is 0 Å². The molecule has 0 spiro atoms. The molecule has 2 aromatic heterocycles. The van der Waals surface area contributed by atoms with Gasteiger partial charge in [0.25, 0.3) is 0 Å². The van der Waals surface area contributed by atoms with Crippen LogP contribution in [0.1, 0.15) is 11.8 Å². The monoisotopic (exact) mass is 437 g/mol. The van der Waals surface area contributed by atoms with E-state index < -0.39 is 24.7 Å². The molecule has 4 atom stereocenters. The van der Waals surface area contributed by atoms with Gasteiger partial charge in [0.05, 0.1) is 6.33 Å². The molecule has 0 amide bonds. The lowest BCUT2D eigenvalue weighted by molar-refractivity contribution is -0.141. The molecule has 11 heteroatoms. The topological polar surface area (TPSA) is 149 Å². The predicted molar refractivity (Wildman–Crippen MR) is 96.4 cm³/mol. The number of aliphatic hydroxyl groups is 3. The van der Waals surface area contributed by atoms with E-state index in [1.807, 2.05) is 24.3 Å². The quantitative estimate of drug-likeness (QED) is 0.452. The van der Waals surface area contributed by atoms with E-state index in [0.717, 1.165) is 10.0 Å². The first-order valence-electron chi connectivity index (χ1n) is 8.01. The highest BCUT2D eigenvalue weighted by atomic mass is 79.9. The molecular formula is C16H16BrN5O5. The Labute approximate surface area is 161 Å². The molecule has 0 radical (unpaired) electrons. The van der Waals surface area contributed by atoms with Gasteiger partial charge in [0.1, 0.15) is 18.8 Å². The Morgan fingerprint density at radius 3 is 2.56 bits per heavy atom. The number of aromatic nitrogens is 4. The number of nitrogen functional groups attached to an aromatic ring is 1. The highest BCUT2D eigenvalue weighted by Crippen LogP contribution is 2.32. The molecule has 27 heavy (non-hydrogen) atoms. The second-order valence-corrected chi connectivity index (χ2v) is 6.94. The van der Waals surface area contributed by atoms with Crippen molar-refractivity contribution in [2.75, 3.05) is 5.73 Å². The van der Waals surface area contributed by atoms with Gasteiger partial charge in [-0.25, -0.2) is 4.98 Å². The van der Waals surface area contributed by atoms with Gasteiger partial charge in [0, 0.05) is 4.47 Å². The van der Waals surface area contributed by atoms with Gasteiger partial charge in [-0.3, -0.25) is 4.57 Å². The van der Waals surface area contributed by atoms with E-state index in [2.05, 4.69) is 30.9 Å². The summed E-state index contributed by atoms with van der Waals surface area (Å²) in [4.78, 5) is 12.4. The Morgan fingerprint density at radius 1 is 1.15 bits per heavy atom. The van der Waals surface area contributed by atoms with Gasteiger partial charge >= 0.3 is 0 Å². The molecule has 0 aliphatic carbocycles. The first-order valence-corrected chi connectivity index (χ1v) is 8.80. The molecule has 10 nitrogen and oxygen atoms in total. The van der Waals surface area contributed by atoms with Crippen molar-refractivity contribution in [1.82, 2.24) is 19.5 Å². The van der Waals surface area contributed by atoms with Crippen molar-refractivity contribution in [1.29, 1.82) is 0 Å². The third-order valence-electron chi connectivity index (χ3n) is 4.18. The largest absolute Gasteiger partial charge is 0.471 e. The van der Waals surface area contributed by atoms with Gasteiger partial charge < -0.3 is 30.5 Å². The minimum atomic E-state index is -1.52.